The number of hydrogen-bond acceptors (Lipinski definition) is 8. The molecule has 0 saturated carbocycles. The summed E-state index contributed by atoms with van der Waals surface area (Å²) in [6.07, 6.45) is 1.67. The Hall–Kier alpha value is -2.21. The van der Waals surface area contributed by atoms with E-state index in [4.69, 9.17) is 0 Å². The number of carbonyl (C=O) groups excluding carboxylic acids is 1. The summed E-state index contributed by atoms with van der Waals surface area (Å²) in [5, 5.41) is 0.587. The molecule has 1 aliphatic heterocycles. The number of aryl methyl sites for hydroxylation is 1. The third kappa shape index (κ3) is 5.48. The molecule has 3 rings (SSSR count). The minimum atomic E-state index is -3.11. The van der Waals surface area contributed by atoms with Gasteiger partial charge in [0.15, 0.2) is 15.5 Å². The Morgan fingerprint density at radius 1 is 1.27 bits per heavy atom. The van der Waals surface area contributed by atoms with Gasteiger partial charge in [-0.1, -0.05) is 32.5 Å². The summed E-state index contributed by atoms with van der Waals surface area (Å²) in [6, 6.07) is -0.343. The smallest absolute Gasteiger partial charge is 0.332 e. The van der Waals surface area contributed by atoms with E-state index in [0.29, 0.717) is 42.3 Å². The third-order valence-corrected chi connectivity index (χ3v) is 8.43. The standard InChI is InChI=1S/C21H31N5O5S2/c1-6-8-26-18-17(20(28)25(5)21(26)29)19(23-15(22-18)10-13(2)3)32-11-16(27)24(4)14-7-9-33(30,31)12-14/h13-14H,6-12H2,1-5H3. The quantitative estimate of drug-likeness (QED) is 0.388. The van der Waals surface area contributed by atoms with Crippen LogP contribution in [0.25, 0.3) is 11.0 Å². The van der Waals surface area contributed by atoms with E-state index in [9.17, 15) is 22.8 Å². The molecule has 0 radical (unpaired) electrons. The van der Waals surface area contributed by atoms with E-state index < -0.39 is 21.1 Å². The average molecular weight is 498 g/mol. The lowest BCUT2D eigenvalue weighted by Crippen LogP contribution is -2.39. The second-order valence-corrected chi connectivity index (χ2v) is 12.1. The van der Waals surface area contributed by atoms with Crippen molar-refractivity contribution in [2.45, 2.75) is 57.6 Å². The SMILES string of the molecule is CCCn1c(=O)n(C)c(=O)c2c(SCC(=O)N(C)C3CCS(=O)(=O)C3)nc(CC(C)C)nc21. The molecule has 0 aromatic carbocycles. The van der Waals surface area contributed by atoms with Crippen LogP contribution in [0.1, 0.15) is 39.4 Å². The Labute approximate surface area is 197 Å². The summed E-state index contributed by atoms with van der Waals surface area (Å²) >= 11 is 1.12. The molecule has 1 unspecified atom stereocenters. The fraction of sp³-hybridized carbons (Fsp3) is 0.667. The molecule has 182 valence electrons. The topological polar surface area (TPSA) is 124 Å². The van der Waals surface area contributed by atoms with Gasteiger partial charge in [0, 0.05) is 33.1 Å². The van der Waals surface area contributed by atoms with Gasteiger partial charge in [0.1, 0.15) is 16.2 Å². The van der Waals surface area contributed by atoms with Crippen molar-refractivity contribution in [1.82, 2.24) is 24.0 Å². The number of carbonyl (C=O) groups is 1. The fourth-order valence-electron chi connectivity index (χ4n) is 3.88. The Morgan fingerprint density at radius 2 is 1.97 bits per heavy atom. The first kappa shape index (κ1) is 25.4. The number of nitrogens with zero attached hydrogens (tertiary/aromatic N) is 5. The van der Waals surface area contributed by atoms with Gasteiger partial charge in [-0.15, -0.1) is 0 Å². The van der Waals surface area contributed by atoms with Crippen molar-refractivity contribution < 1.29 is 13.2 Å². The summed E-state index contributed by atoms with van der Waals surface area (Å²) < 4.78 is 26.1. The molecule has 0 N–H and O–H groups in total. The highest BCUT2D eigenvalue weighted by Crippen LogP contribution is 2.25. The van der Waals surface area contributed by atoms with E-state index in [1.165, 1.54) is 16.5 Å². The molecule has 1 amide bonds. The zero-order valence-corrected chi connectivity index (χ0v) is 21.3. The van der Waals surface area contributed by atoms with Crippen LogP contribution in [0.2, 0.25) is 0 Å². The predicted octanol–water partition coefficient (Wildman–Crippen LogP) is 0.836. The molecule has 0 aliphatic carbocycles. The first-order valence-corrected chi connectivity index (χ1v) is 13.8. The molecule has 33 heavy (non-hydrogen) atoms. The van der Waals surface area contributed by atoms with Gasteiger partial charge in [-0.25, -0.2) is 23.2 Å². The number of sulfone groups is 1. The number of rotatable bonds is 8. The summed E-state index contributed by atoms with van der Waals surface area (Å²) in [7, 11) is -0.0810. The van der Waals surface area contributed by atoms with Gasteiger partial charge in [0.2, 0.25) is 5.91 Å². The van der Waals surface area contributed by atoms with Crippen LogP contribution in [0.5, 0.6) is 0 Å². The van der Waals surface area contributed by atoms with Gasteiger partial charge in [-0.2, -0.15) is 0 Å². The minimum absolute atomic E-state index is 0.00363. The van der Waals surface area contributed by atoms with Crippen molar-refractivity contribution in [3.63, 3.8) is 0 Å². The minimum Gasteiger partial charge on any atom is -0.341 e. The van der Waals surface area contributed by atoms with E-state index in [-0.39, 0.29) is 40.5 Å². The lowest BCUT2D eigenvalue weighted by molar-refractivity contribution is -0.128. The van der Waals surface area contributed by atoms with Crippen molar-refractivity contribution in [2.75, 3.05) is 24.3 Å². The first-order chi connectivity index (χ1) is 15.4. The van der Waals surface area contributed by atoms with Crippen molar-refractivity contribution >= 4 is 38.5 Å². The Morgan fingerprint density at radius 3 is 2.55 bits per heavy atom. The molecule has 1 fully saturated rings. The molecular weight excluding hydrogens is 466 g/mol. The van der Waals surface area contributed by atoms with Gasteiger partial charge in [-0.05, 0) is 18.8 Å². The predicted molar refractivity (Wildman–Crippen MR) is 128 cm³/mol. The molecular formula is C21H31N5O5S2. The molecule has 1 aliphatic rings. The summed E-state index contributed by atoms with van der Waals surface area (Å²) in [4.78, 5) is 49.2. The van der Waals surface area contributed by atoms with Gasteiger partial charge in [-0.3, -0.25) is 18.7 Å². The van der Waals surface area contributed by atoms with Crippen molar-refractivity contribution in [3.05, 3.63) is 26.7 Å². The molecule has 1 saturated heterocycles. The summed E-state index contributed by atoms with van der Waals surface area (Å²) in [6.45, 7) is 6.39. The summed E-state index contributed by atoms with van der Waals surface area (Å²) in [5.41, 5.74) is -0.637. The fourth-order valence-corrected chi connectivity index (χ4v) is 6.61. The molecule has 1 atom stereocenters. The van der Waals surface area contributed by atoms with Gasteiger partial charge in [0.05, 0.1) is 17.3 Å². The molecule has 2 aromatic rings. The van der Waals surface area contributed by atoms with E-state index in [1.807, 2.05) is 20.8 Å². The van der Waals surface area contributed by atoms with Crippen LogP contribution in [0.15, 0.2) is 14.6 Å². The van der Waals surface area contributed by atoms with Crippen LogP contribution in [-0.4, -0.2) is 68.7 Å². The Bertz CT molecular complexity index is 1280. The number of thioether (sulfide) groups is 1. The van der Waals surface area contributed by atoms with Gasteiger partial charge < -0.3 is 4.90 Å². The highest BCUT2D eigenvalue weighted by Gasteiger charge is 2.32. The Kier molecular flexibility index (Phi) is 7.67. The molecule has 0 spiro atoms. The first-order valence-electron chi connectivity index (χ1n) is 11.0. The van der Waals surface area contributed by atoms with Crippen molar-refractivity contribution in [1.29, 1.82) is 0 Å². The lowest BCUT2D eigenvalue weighted by Gasteiger charge is -2.23. The maximum atomic E-state index is 13.0. The van der Waals surface area contributed by atoms with Crippen LogP contribution in [0.3, 0.4) is 0 Å². The second kappa shape index (κ2) is 9.96. The van der Waals surface area contributed by atoms with Crippen LogP contribution < -0.4 is 11.2 Å². The third-order valence-electron chi connectivity index (χ3n) is 5.71. The highest BCUT2D eigenvalue weighted by atomic mass is 32.2. The van der Waals surface area contributed by atoms with Crippen LogP contribution in [0.4, 0.5) is 0 Å². The van der Waals surface area contributed by atoms with Crippen LogP contribution in [-0.2, 0) is 34.6 Å². The maximum Gasteiger partial charge on any atom is 0.332 e. The molecule has 2 aromatic heterocycles. The monoisotopic (exact) mass is 497 g/mol. The van der Waals surface area contributed by atoms with Crippen molar-refractivity contribution in [2.24, 2.45) is 13.0 Å². The van der Waals surface area contributed by atoms with Crippen LogP contribution >= 0.6 is 11.8 Å². The highest BCUT2D eigenvalue weighted by molar-refractivity contribution is 8.00. The molecule has 10 nitrogen and oxygen atoms in total. The number of amides is 1. The molecule has 0 bridgehead atoms. The second-order valence-electron chi connectivity index (χ2n) is 8.89. The zero-order chi connectivity index (χ0) is 24.5. The van der Waals surface area contributed by atoms with E-state index in [0.717, 1.165) is 16.3 Å². The van der Waals surface area contributed by atoms with Gasteiger partial charge >= 0.3 is 5.69 Å². The molecule has 3 heterocycles. The van der Waals surface area contributed by atoms with E-state index in [1.54, 1.807) is 7.05 Å². The Balaban J connectivity index is 2.01. The van der Waals surface area contributed by atoms with Crippen molar-refractivity contribution in [3.8, 4) is 0 Å². The number of hydrogen-bond donors (Lipinski definition) is 0. The zero-order valence-electron chi connectivity index (χ0n) is 19.7. The molecule has 12 heteroatoms. The largest absolute Gasteiger partial charge is 0.341 e. The van der Waals surface area contributed by atoms with E-state index in [2.05, 4.69) is 9.97 Å². The average Bonchev–Trinajstić information content (AvgIpc) is 3.11. The normalized spacial score (nSPS) is 17.7. The summed E-state index contributed by atoms with van der Waals surface area (Å²) in [5.74, 6) is 0.589. The van der Waals surface area contributed by atoms with Crippen LogP contribution in [0, 0.1) is 5.92 Å². The number of aromatic nitrogens is 4. The van der Waals surface area contributed by atoms with E-state index >= 15 is 0 Å². The number of fused-ring (bicyclic) bond motifs is 1. The maximum absolute atomic E-state index is 13.0. The lowest BCUT2D eigenvalue weighted by atomic mass is 10.1. The van der Waals surface area contributed by atoms with Gasteiger partial charge in [0.25, 0.3) is 5.56 Å².